The standard InChI is InChI=1S/C10H10Cl2N4/c1-16-8(9(11)15-10(16)12)6-14-7-3-2-4-13-5-7/h2-5,14H,6H2,1H3. The summed E-state index contributed by atoms with van der Waals surface area (Å²) in [6, 6.07) is 3.79. The Hall–Kier alpha value is -1.26. The van der Waals surface area contributed by atoms with Crippen LogP contribution in [0.15, 0.2) is 24.5 Å². The van der Waals surface area contributed by atoms with Crippen molar-refractivity contribution in [2.75, 3.05) is 5.32 Å². The Morgan fingerprint density at radius 2 is 2.25 bits per heavy atom. The number of nitrogens with zero attached hydrogens (tertiary/aromatic N) is 3. The van der Waals surface area contributed by atoms with Gasteiger partial charge in [-0.1, -0.05) is 11.6 Å². The lowest BCUT2D eigenvalue weighted by molar-refractivity contribution is 0.838. The topological polar surface area (TPSA) is 42.7 Å². The Bertz CT molecular complexity index is 481. The van der Waals surface area contributed by atoms with E-state index in [0.29, 0.717) is 17.0 Å². The van der Waals surface area contributed by atoms with Crippen LogP contribution in [-0.4, -0.2) is 14.5 Å². The van der Waals surface area contributed by atoms with E-state index in [1.807, 2.05) is 19.2 Å². The highest BCUT2D eigenvalue weighted by molar-refractivity contribution is 6.32. The summed E-state index contributed by atoms with van der Waals surface area (Å²) in [6.07, 6.45) is 3.46. The van der Waals surface area contributed by atoms with Gasteiger partial charge in [-0.3, -0.25) is 4.98 Å². The minimum Gasteiger partial charge on any atom is -0.378 e. The number of pyridine rings is 1. The van der Waals surface area contributed by atoms with Gasteiger partial charge < -0.3 is 9.88 Å². The van der Waals surface area contributed by atoms with Gasteiger partial charge in [0.25, 0.3) is 0 Å². The smallest absolute Gasteiger partial charge is 0.204 e. The van der Waals surface area contributed by atoms with E-state index in [2.05, 4.69) is 15.3 Å². The van der Waals surface area contributed by atoms with Crippen LogP contribution in [-0.2, 0) is 13.6 Å². The molecule has 0 spiro atoms. The molecule has 2 heterocycles. The summed E-state index contributed by atoms with van der Waals surface area (Å²) in [7, 11) is 1.82. The molecule has 1 N–H and O–H groups in total. The third-order valence-electron chi connectivity index (χ3n) is 2.23. The van der Waals surface area contributed by atoms with E-state index < -0.39 is 0 Å². The lowest BCUT2D eigenvalue weighted by Gasteiger charge is -2.06. The lowest BCUT2D eigenvalue weighted by Crippen LogP contribution is -2.05. The van der Waals surface area contributed by atoms with E-state index in [4.69, 9.17) is 23.2 Å². The molecule has 6 heteroatoms. The third kappa shape index (κ3) is 2.28. The quantitative estimate of drug-likeness (QED) is 0.919. The lowest BCUT2D eigenvalue weighted by atomic mass is 10.4. The molecule has 2 aromatic heterocycles. The normalized spacial score (nSPS) is 10.4. The first kappa shape index (κ1) is 11.2. The van der Waals surface area contributed by atoms with Crippen LogP contribution in [0.4, 0.5) is 5.69 Å². The van der Waals surface area contributed by atoms with E-state index in [1.165, 1.54) is 0 Å². The second-order valence-electron chi connectivity index (χ2n) is 3.27. The van der Waals surface area contributed by atoms with Crippen LogP contribution in [0.2, 0.25) is 10.4 Å². The van der Waals surface area contributed by atoms with Gasteiger partial charge >= 0.3 is 0 Å². The first-order chi connectivity index (χ1) is 7.68. The third-order valence-corrected chi connectivity index (χ3v) is 2.87. The fourth-order valence-electron chi connectivity index (χ4n) is 1.31. The van der Waals surface area contributed by atoms with Crippen LogP contribution >= 0.6 is 23.2 Å². The summed E-state index contributed by atoms with van der Waals surface area (Å²) in [6.45, 7) is 0.556. The highest BCUT2D eigenvalue weighted by Crippen LogP contribution is 2.20. The number of hydrogen-bond acceptors (Lipinski definition) is 3. The second-order valence-corrected chi connectivity index (χ2v) is 3.97. The molecule has 0 aliphatic rings. The zero-order valence-corrected chi connectivity index (χ0v) is 10.1. The van der Waals surface area contributed by atoms with Gasteiger partial charge in [-0.15, -0.1) is 0 Å². The summed E-state index contributed by atoms with van der Waals surface area (Å²) in [5.74, 6) is 0. The zero-order chi connectivity index (χ0) is 11.5. The Balaban J connectivity index is 2.11. The summed E-state index contributed by atoms with van der Waals surface area (Å²) in [4.78, 5) is 7.96. The molecular formula is C10H10Cl2N4. The molecule has 2 rings (SSSR count). The molecule has 16 heavy (non-hydrogen) atoms. The van der Waals surface area contributed by atoms with Crippen molar-refractivity contribution in [1.29, 1.82) is 0 Å². The van der Waals surface area contributed by atoms with Gasteiger partial charge in [-0.05, 0) is 23.7 Å². The second kappa shape index (κ2) is 4.72. The molecule has 0 radical (unpaired) electrons. The largest absolute Gasteiger partial charge is 0.378 e. The summed E-state index contributed by atoms with van der Waals surface area (Å²) >= 11 is 11.8. The van der Waals surface area contributed by atoms with E-state index >= 15 is 0 Å². The van der Waals surface area contributed by atoms with Crippen molar-refractivity contribution >= 4 is 28.9 Å². The number of halogens is 2. The minimum absolute atomic E-state index is 0.382. The summed E-state index contributed by atoms with van der Waals surface area (Å²) in [5, 5.41) is 3.99. The van der Waals surface area contributed by atoms with E-state index in [1.54, 1.807) is 17.0 Å². The molecule has 4 nitrogen and oxygen atoms in total. The number of aromatic nitrogens is 3. The van der Waals surface area contributed by atoms with Gasteiger partial charge in [0.1, 0.15) is 0 Å². The zero-order valence-electron chi connectivity index (χ0n) is 8.61. The van der Waals surface area contributed by atoms with Gasteiger partial charge in [0, 0.05) is 19.4 Å². The predicted molar refractivity (Wildman–Crippen MR) is 64.8 cm³/mol. The van der Waals surface area contributed by atoms with Crippen LogP contribution in [0.3, 0.4) is 0 Å². The van der Waals surface area contributed by atoms with Gasteiger partial charge in [0.05, 0.1) is 17.9 Å². The van der Waals surface area contributed by atoms with Crippen LogP contribution in [0.5, 0.6) is 0 Å². The Morgan fingerprint density at radius 1 is 1.44 bits per heavy atom. The average molecular weight is 257 g/mol. The van der Waals surface area contributed by atoms with Gasteiger partial charge in [-0.25, -0.2) is 4.98 Å². The maximum Gasteiger partial charge on any atom is 0.204 e. The van der Waals surface area contributed by atoms with Crippen LogP contribution in [0.25, 0.3) is 0 Å². The van der Waals surface area contributed by atoms with Crippen molar-refractivity contribution in [3.05, 3.63) is 40.7 Å². The van der Waals surface area contributed by atoms with E-state index in [0.717, 1.165) is 11.4 Å². The van der Waals surface area contributed by atoms with Crippen molar-refractivity contribution < 1.29 is 0 Å². The number of imidazole rings is 1. The van der Waals surface area contributed by atoms with Crippen molar-refractivity contribution in [2.24, 2.45) is 7.05 Å². The van der Waals surface area contributed by atoms with Gasteiger partial charge in [0.2, 0.25) is 5.28 Å². The van der Waals surface area contributed by atoms with E-state index in [9.17, 15) is 0 Å². The summed E-state index contributed by atoms with van der Waals surface area (Å²) < 4.78 is 1.74. The average Bonchev–Trinajstić information content (AvgIpc) is 2.53. The maximum absolute atomic E-state index is 5.94. The predicted octanol–water partition coefficient (Wildman–Crippen LogP) is 2.73. The first-order valence-corrected chi connectivity index (χ1v) is 5.44. The monoisotopic (exact) mass is 256 g/mol. The van der Waals surface area contributed by atoms with Crippen molar-refractivity contribution in [3.63, 3.8) is 0 Å². The van der Waals surface area contributed by atoms with Crippen LogP contribution < -0.4 is 5.32 Å². The fourth-order valence-corrected chi connectivity index (χ4v) is 1.82. The Morgan fingerprint density at radius 3 is 2.81 bits per heavy atom. The van der Waals surface area contributed by atoms with Crippen LogP contribution in [0.1, 0.15) is 5.69 Å². The molecule has 0 aliphatic carbocycles. The molecule has 0 aromatic carbocycles. The molecule has 0 bridgehead atoms. The number of anilines is 1. The molecule has 0 aliphatic heterocycles. The molecule has 0 saturated carbocycles. The first-order valence-electron chi connectivity index (χ1n) is 4.69. The summed E-state index contributed by atoms with van der Waals surface area (Å²) in [5.41, 5.74) is 1.77. The number of rotatable bonds is 3. The minimum atomic E-state index is 0.382. The van der Waals surface area contributed by atoms with Crippen LogP contribution in [0, 0.1) is 0 Å². The van der Waals surface area contributed by atoms with Gasteiger partial charge in [-0.2, -0.15) is 0 Å². The molecule has 0 unspecified atom stereocenters. The highest BCUT2D eigenvalue weighted by Gasteiger charge is 2.10. The molecule has 0 saturated heterocycles. The molecule has 0 fully saturated rings. The maximum atomic E-state index is 5.94. The molecule has 0 atom stereocenters. The fraction of sp³-hybridized carbons (Fsp3) is 0.200. The van der Waals surface area contributed by atoms with Crippen molar-refractivity contribution in [3.8, 4) is 0 Å². The highest BCUT2D eigenvalue weighted by atomic mass is 35.5. The molecule has 0 amide bonds. The molecular weight excluding hydrogens is 247 g/mol. The molecule has 2 aromatic rings. The number of nitrogens with one attached hydrogen (secondary N) is 1. The Labute approximate surface area is 103 Å². The van der Waals surface area contributed by atoms with Crippen molar-refractivity contribution in [2.45, 2.75) is 6.54 Å². The van der Waals surface area contributed by atoms with E-state index in [-0.39, 0.29) is 0 Å². The van der Waals surface area contributed by atoms with Crippen molar-refractivity contribution in [1.82, 2.24) is 14.5 Å². The molecule has 84 valence electrons. The SMILES string of the molecule is Cn1c(Cl)nc(Cl)c1CNc1cccnc1. The van der Waals surface area contributed by atoms with Gasteiger partial charge in [0.15, 0.2) is 5.15 Å². The number of hydrogen-bond donors (Lipinski definition) is 1. The Kier molecular flexibility index (Phi) is 3.31.